The first kappa shape index (κ1) is 13.9. The number of rotatable bonds is 4. The van der Waals surface area contributed by atoms with Crippen LogP contribution in [0.25, 0.3) is 0 Å². The van der Waals surface area contributed by atoms with Crippen molar-refractivity contribution in [1.29, 1.82) is 0 Å². The van der Waals surface area contributed by atoms with Gasteiger partial charge in [0.2, 0.25) is 0 Å². The minimum atomic E-state index is -2.78. The first-order valence-electron chi connectivity index (χ1n) is 7.41. The number of aryl methyl sites for hydroxylation is 1. The van der Waals surface area contributed by atoms with Gasteiger partial charge in [0.05, 0.1) is 11.5 Å². The zero-order chi connectivity index (χ0) is 14.0. The third-order valence-corrected chi connectivity index (χ3v) is 6.02. The maximum atomic E-state index is 11.4. The number of para-hydroxylation sites is 1. The molecule has 2 aliphatic heterocycles. The summed E-state index contributed by atoms with van der Waals surface area (Å²) in [6.45, 7) is 2.91. The predicted molar refractivity (Wildman–Crippen MR) is 82.0 cm³/mol. The summed E-state index contributed by atoms with van der Waals surface area (Å²) < 4.78 is 22.8. The normalized spacial score (nSPS) is 24.6. The first-order valence-corrected chi connectivity index (χ1v) is 9.23. The summed E-state index contributed by atoms with van der Waals surface area (Å²) in [5.41, 5.74) is 2.78. The molecule has 0 spiro atoms. The van der Waals surface area contributed by atoms with Crippen LogP contribution in [0.1, 0.15) is 18.4 Å². The number of sulfone groups is 1. The molecule has 20 heavy (non-hydrogen) atoms. The molecular formula is C15H22N2O2S. The zero-order valence-corrected chi connectivity index (χ0v) is 12.5. The van der Waals surface area contributed by atoms with Gasteiger partial charge in [-0.3, -0.25) is 0 Å². The number of nitrogens with one attached hydrogen (secondary N) is 1. The molecule has 1 atom stereocenters. The van der Waals surface area contributed by atoms with Crippen LogP contribution < -0.4 is 10.2 Å². The molecule has 0 amide bonds. The Labute approximate surface area is 121 Å². The first-order chi connectivity index (χ1) is 9.64. The molecule has 0 aliphatic carbocycles. The fourth-order valence-corrected chi connectivity index (χ4v) is 4.91. The second-order valence-electron chi connectivity index (χ2n) is 5.77. The van der Waals surface area contributed by atoms with Gasteiger partial charge in [0.1, 0.15) is 0 Å². The van der Waals surface area contributed by atoms with Crippen LogP contribution in [0.2, 0.25) is 0 Å². The number of fused-ring (bicyclic) bond motifs is 1. The van der Waals surface area contributed by atoms with Gasteiger partial charge in [-0.15, -0.1) is 0 Å². The Kier molecular flexibility index (Phi) is 3.98. The molecule has 0 radical (unpaired) electrons. The van der Waals surface area contributed by atoms with Crippen LogP contribution in [-0.4, -0.2) is 45.6 Å². The molecule has 1 saturated heterocycles. The lowest BCUT2D eigenvalue weighted by atomic mass is 10.0. The average Bonchev–Trinajstić information content (AvgIpc) is 2.79. The second kappa shape index (κ2) is 5.74. The van der Waals surface area contributed by atoms with Crippen molar-refractivity contribution >= 4 is 15.5 Å². The van der Waals surface area contributed by atoms with Crippen molar-refractivity contribution in [2.24, 2.45) is 0 Å². The van der Waals surface area contributed by atoms with E-state index in [1.165, 1.54) is 24.1 Å². The monoisotopic (exact) mass is 294 g/mol. The molecule has 2 heterocycles. The Morgan fingerprint density at radius 2 is 2.15 bits per heavy atom. The highest BCUT2D eigenvalue weighted by Crippen LogP contribution is 2.26. The summed E-state index contributed by atoms with van der Waals surface area (Å²) >= 11 is 0. The largest absolute Gasteiger partial charge is 0.370 e. The molecule has 0 aromatic heterocycles. The maximum absolute atomic E-state index is 11.4. The summed E-state index contributed by atoms with van der Waals surface area (Å²) in [6, 6.07) is 8.74. The minimum absolute atomic E-state index is 0.153. The van der Waals surface area contributed by atoms with E-state index >= 15 is 0 Å². The van der Waals surface area contributed by atoms with Crippen molar-refractivity contribution in [3.63, 3.8) is 0 Å². The smallest absolute Gasteiger partial charge is 0.151 e. The van der Waals surface area contributed by atoms with Gasteiger partial charge in [-0.1, -0.05) is 18.2 Å². The van der Waals surface area contributed by atoms with Gasteiger partial charge in [-0.25, -0.2) is 8.42 Å². The molecular weight excluding hydrogens is 272 g/mol. The van der Waals surface area contributed by atoms with Crippen molar-refractivity contribution in [2.45, 2.75) is 25.3 Å². The number of hydrogen-bond donors (Lipinski definition) is 1. The molecule has 4 nitrogen and oxygen atoms in total. The molecule has 1 unspecified atom stereocenters. The van der Waals surface area contributed by atoms with E-state index in [4.69, 9.17) is 0 Å². The van der Waals surface area contributed by atoms with Crippen LogP contribution in [0.3, 0.4) is 0 Å². The van der Waals surface area contributed by atoms with E-state index in [0.717, 1.165) is 26.1 Å². The molecule has 110 valence electrons. The van der Waals surface area contributed by atoms with Crippen LogP contribution in [-0.2, 0) is 16.3 Å². The molecule has 2 aliphatic rings. The standard InChI is InChI=1S/C15H22N2O2S/c18-20(19)11-7-14(12-20)16-8-10-17-9-3-5-13-4-1-2-6-15(13)17/h1-2,4,6,14,16H,3,5,7-12H2. The molecule has 0 bridgehead atoms. The molecule has 5 heteroatoms. The molecule has 1 aromatic carbocycles. The van der Waals surface area contributed by atoms with E-state index in [0.29, 0.717) is 11.5 Å². The fraction of sp³-hybridized carbons (Fsp3) is 0.600. The van der Waals surface area contributed by atoms with Crippen molar-refractivity contribution in [3.05, 3.63) is 29.8 Å². The highest BCUT2D eigenvalue weighted by atomic mass is 32.2. The summed E-state index contributed by atoms with van der Waals surface area (Å²) in [5, 5.41) is 3.39. The van der Waals surface area contributed by atoms with Crippen LogP contribution in [0.5, 0.6) is 0 Å². The lowest BCUT2D eigenvalue weighted by Gasteiger charge is -2.31. The average molecular weight is 294 g/mol. The molecule has 1 N–H and O–H groups in total. The molecule has 0 saturated carbocycles. The minimum Gasteiger partial charge on any atom is -0.370 e. The van der Waals surface area contributed by atoms with Gasteiger partial charge in [0.15, 0.2) is 9.84 Å². The third kappa shape index (κ3) is 3.15. The molecule has 1 aromatic rings. The SMILES string of the molecule is O=S1(=O)CCC(NCCN2CCCc3ccccc32)C1. The van der Waals surface area contributed by atoms with Gasteiger partial charge in [-0.05, 0) is 30.9 Å². The summed E-state index contributed by atoms with van der Waals surface area (Å²) in [4.78, 5) is 2.41. The van der Waals surface area contributed by atoms with Crippen LogP contribution in [0.15, 0.2) is 24.3 Å². The van der Waals surface area contributed by atoms with Crippen LogP contribution in [0, 0.1) is 0 Å². The van der Waals surface area contributed by atoms with E-state index in [1.54, 1.807) is 0 Å². The van der Waals surface area contributed by atoms with E-state index < -0.39 is 9.84 Å². The van der Waals surface area contributed by atoms with E-state index in [2.05, 4.69) is 34.5 Å². The predicted octanol–water partition coefficient (Wildman–Crippen LogP) is 1.22. The highest BCUT2D eigenvalue weighted by Gasteiger charge is 2.27. The fourth-order valence-electron chi connectivity index (χ4n) is 3.20. The second-order valence-corrected chi connectivity index (χ2v) is 8.00. The van der Waals surface area contributed by atoms with Crippen molar-refractivity contribution < 1.29 is 8.42 Å². The Bertz CT molecular complexity index is 571. The molecule has 1 fully saturated rings. The van der Waals surface area contributed by atoms with Gasteiger partial charge < -0.3 is 10.2 Å². The quantitative estimate of drug-likeness (QED) is 0.907. The van der Waals surface area contributed by atoms with Crippen LogP contribution >= 0.6 is 0 Å². The van der Waals surface area contributed by atoms with Crippen LogP contribution in [0.4, 0.5) is 5.69 Å². The van der Waals surface area contributed by atoms with Gasteiger partial charge in [-0.2, -0.15) is 0 Å². The Morgan fingerprint density at radius 1 is 1.30 bits per heavy atom. The third-order valence-electron chi connectivity index (χ3n) is 4.25. The molecule has 3 rings (SSSR count). The zero-order valence-electron chi connectivity index (χ0n) is 11.7. The summed E-state index contributed by atoms with van der Waals surface area (Å²) in [7, 11) is -2.78. The van der Waals surface area contributed by atoms with Gasteiger partial charge >= 0.3 is 0 Å². The maximum Gasteiger partial charge on any atom is 0.151 e. The highest BCUT2D eigenvalue weighted by molar-refractivity contribution is 7.91. The van der Waals surface area contributed by atoms with Gasteiger partial charge in [0.25, 0.3) is 0 Å². The van der Waals surface area contributed by atoms with E-state index in [1.807, 2.05) is 0 Å². The lowest BCUT2D eigenvalue weighted by molar-refractivity contribution is 0.546. The van der Waals surface area contributed by atoms with E-state index in [9.17, 15) is 8.42 Å². The Hall–Kier alpha value is -1.07. The number of hydrogen-bond acceptors (Lipinski definition) is 4. The van der Waals surface area contributed by atoms with Crippen molar-refractivity contribution in [2.75, 3.05) is 36.0 Å². The van der Waals surface area contributed by atoms with Gasteiger partial charge in [0, 0.05) is 31.4 Å². The van der Waals surface area contributed by atoms with E-state index in [-0.39, 0.29) is 6.04 Å². The number of nitrogens with zero attached hydrogens (tertiary/aromatic N) is 1. The summed E-state index contributed by atoms with van der Waals surface area (Å²) in [5.74, 6) is 0.654. The topological polar surface area (TPSA) is 49.4 Å². The van der Waals surface area contributed by atoms with Crippen molar-refractivity contribution in [3.8, 4) is 0 Å². The number of benzene rings is 1. The van der Waals surface area contributed by atoms with Crippen molar-refractivity contribution in [1.82, 2.24) is 5.32 Å². The lowest BCUT2D eigenvalue weighted by Crippen LogP contribution is -2.39. The summed E-state index contributed by atoms with van der Waals surface area (Å²) in [6.07, 6.45) is 3.13. The Balaban J connectivity index is 1.53. The Morgan fingerprint density at radius 3 is 2.95 bits per heavy atom. The number of anilines is 1.